The minimum absolute atomic E-state index is 0.0186. The van der Waals surface area contributed by atoms with Crippen LogP contribution in [0.2, 0.25) is 0 Å². The Morgan fingerprint density at radius 2 is 1.90 bits per heavy atom. The Morgan fingerprint density at radius 1 is 1.24 bits per heavy atom. The molecule has 0 bridgehead atoms. The van der Waals surface area contributed by atoms with E-state index in [1.165, 1.54) is 0 Å². The summed E-state index contributed by atoms with van der Waals surface area (Å²) in [6.45, 7) is 7.46. The molecule has 0 unspecified atom stereocenters. The molecule has 0 aliphatic heterocycles. The van der Waals surface area contributed by atoms with Crippen molar-refractivity contribution in [3.8, 4) is 5.75 Å². The molecule has 0 saturated heterocycles. The van der Waals surface area contributed by atoms with E-state index in [1.54, 1.807) is 13.2 Å². The van der Waals surface area contributed by atoms with Crippen LogP contribution >= 0.6 is 0 Å². The van der Waals surface area contributed by atoms with Gasteiger partial charge in [0.05, 0.1) is 13.7 Å². The Morgan fingerprint density at radius 3 is 2.43 bits per heavy atom. The highest BCUT2D eigenvalue weighted by molar-refractivity contribution is 5.96. The molecule has 0 aliphatic carbocycles. The van der Waals surface area contributed by atoms with Crippen molar-refractivity contribution in [3.05, 3.63) is 23.8 Å². The maximum Gasteiger partial charge on any atom is 0.321 e. The maximum atomic E-state index is 11.7. The van der Waals surface area contributed by atoms with Crippen LogP contribution in [0.3, 0.4) is 0 Å². The zero-order valence-corrected chi connectivity index (χ0v) is 13.2. The lowest BCUT2D eigenvalue weighted by Crippen LogP contribution is -2.49. The Bertz CT molecular complexity index is 521. The van der Waals surface area contributed by atoms with Gasteiger partial charge in [0.2, 0.25) is 5.91 Å². The van der Waals surface area contributed by atoms with Crippen molar-refractivity contribution < 1.29 is 14.3 Å². The molecule has 0 radical (unpaired) electrons. The molecule has 0 atom stereocenters. The van der Waals surface area contributed by atoms with E-state index in [-0.39, 0.29) is 12.1 Å². The summed E-state index contributed by atoms with van der Waals surface area (Å²) < 4.78 is 5.11. The smallest absolute Gasteiger partial charge is 0.321 e. The second-order valence-corrected chi connectivity index (χ2v) is 5.79. The highest BCUT2D eigenvalue weighted by Crippen LogP contribution is 2.20. The number of rotatable bonds is 4. The molecular weight excluding hydrogens is 270 g/mol. The third-order valence-electron chi connectivity index (χ3n) is 2.61. The second kappa shape index (κ2) is 6.97. The Hall–Kier alpha value is -2.24. The number of aryl methyl sites for hydroxylation is 1. The average molecular weight is 293 g/mol. The van der Waals surface area contributed by atoms with Crippen molar-refractivity contribution in [1.82, 2.24) is 10.6 Å². The standard InChI is InChI=1S/C15H23N3O3/c1-10-8-11(21-5)6-7-12(10)16-9-13(19)17-14(20)18-15(2,3)4/h6-8,16H,9H2,1-5H3,(H2,17,18,19,20). The summed E-state index contributed by atoms with van der Waals surface area (Å²) in [5.74, 6) is 0.360. The van der Waals surface area contributed by atoms with E-state index in [9.17, 15) is 9.59 Å². The first-order chi connectivity index (χ1) is 9.71. The summed E-state index contributed by atoms with van der Waals surface area (Å²) in [6, 6.07) is 5.00. The summed E-state index contributed by atoms with van der Waals surface area (Å²) in [5.41, 5.74) is 1.40. The van der Waals surface area contributed by atoms with Crippen LogP contribution in [-0.4, -0.2) is 31.1 Å². The van der Waals surface area contributed by atoms with E-state index < -0.39 is 11.9 Å². The monoisotopic (exact) mass is 293 g/mol. The van der Waals surface area contributed by atoms with Crippen LogP contribution in [0.5, 0.6) is 5.75 Å². The molecule has 1 aromatic rings. The SMILES string of the molecule is COc1ccc(NCC(=O)NC(=O)NC(C)(C)C)c(C)c1. The molecule has 21 heavy (non-hydrogen) atoms. The summed E-state index contributed by atoms with van der Waals surface area (Å²) in [6.07, 6.45) is 0. The molecule has 0 heterocycles. The van der Waals surface area contributed by atoms with Gasteiger partial charge in [-0.25, -0.2) is 4.79 Å². The fourth-order valence-electron chi connectivity index (χ4n) is 1.68. The normalized spacial score (nSPS) is 10.7. The quantitative estimate of drug-likeness (QED) is 0.793. The largest absolute Gasteiger partial charge is 0.497 e. The molecule has 3 amide bonds. The van der Waals surface area contributed by atoms with Gasteiger partial charge in [0.1, 0.15) is 5.75 Å². The number of urea groups is 1. The van der Waals surface area contributed by atoms with Crippen LogP contribution in [0.1, 0.15) is 26.3 Å². The first-order valence-corrected chi connectivity index (χ1v) is 6.72. The molecule has 0 aliphatic rings. The molecule has 1 rings (SSSR count). The van der Waals surface area contributed by atoms with Gasteiger partial charge in [0.15, 0.2) is 0 Å². The lowest BCUT2D eigenvalue weighted by Gasteiger charge is -2.20. The molecule has 0 aromatic heterocycles. The van der Waals surface area contributed by atoms with Gasteiger partial charge in [-0.1, -0.05) is 0 Å². The van der Waals surface area contributed by atoms with Crippen molar-refractivity contribution in [3.63, 3.8) is 0 Å². The number of carbonyl (C=O) groups excluding carboxylic acids is 2. The van der Waals surface area contributed by atoms with Gasteiger partial charge in [-0.05, 0) is 51.5 Å². The fourth-order valence-corrected chi connectivity index (χ4v) is 1.68. The second-order valence-electron chi connectivity index (χ2n) is 5.79. The topological polar surface area (TPSA) is 79.5 Å². The minimum Gasteiger partial charge on any atom is -0.497 e. The molecule has 0 fully saturated rings. The molecule has 0 spiro atoms. The van der Waals surface area contributed by atoms with Gasteiger partial charge in [-0.2, -0.15) is 0 Å². The van der Waals surface area contributed by atoms with Crippen LogP contribution in [0.4, 0.5) is 10.5 Å². The number of amides is 3. The number of carbonyl (C=O) groups is 2. The van der Waals surface area contributed by atoms with Crippen LogP contribution in [-0.2, 0) is 4.79 Å². The van der Waals surface area contributed by atoms with Gasteiger partial charge >= 0.3 is 6.03 Å². The zero-order valence-electron chi connectivity index (χ0n) is 13.2. The van der Waals surface area contributed by atoms with E-state index in [4.69, 9.17) is 4.74 Å². The molecule has 6 nitrogen and oxygen atoms in total. The maximum absolute atomic E-state index is 11.7. The summed E-state index contributed by atoms with van der Waals surface area (Å²) in [5, 5.41) is 7.92. The average Bonchev–Trinajstić information content (AvgIpc) is 2.34. The van der Waals surface area contributed by atoms with Crippen LogP contribution in [0.25, 0.3) is 0 Å². The Balaban J connectivity index is 2.48. The van der Waals surface area contributed by atoms with E-state index >= 15 is 0 Å². The molecule has 3 N–H and O–H groups in total. The van der Waals surface area contributed by atoms with Crippen LogP contribution in [0, 0.1) is 6.92 Å². The van der Waals surface area contributed by atoms with Crippen LogP contribution in [0.15, 0.2) is 18.2 Å². The number of hydrogen-bond donors (Lipinski definition) is 3. The van der Waals surface area contributed by atoms with Gasteiger partial charge in [-0.15, -0.1) is 0 Å². The zero-order chi connectivity index (χ0) is 16.0. The first-order valence-electron chi connectivity index (χ1n) is 6.72. The van der Waals surface area contributed by atoms with Crippen LogP contribution < -0.4 is 20.7 Å². The molecule has 1 aromatic carbocycles. The molecule has 116 valence electrons. The number of nitrogens with one attached hydrogen (secondary N) is 3. The van der Waals surface area contributed by atoms with Gasteiger partial charge < -0.3 is 15.4 Å². The number of hydrogen-bond acceptors (Lipinski definition) is 4. The fraction of sp³-hybridized carbons (Fsp3) is 0.467. The predicted molar refractivity (Wildman–Crippen MR) is 82.6 cm³/mol. The number of imide groups is 1. The third kappa shape index (κ3) is 6.16. The van der Waals surface area contributed by atoms with E-state index in [0.29, 0.717) is 0 Å². The summed E-state index contributed by atoms with van der Waals surface area (Å²) >= 11 is 0. The highest BCUT2D eigenvalue weighted by atomic mass is 16.5. The van der Waals surface area contributed by atoms with Crippen molar-refractivity contribution in [2.24, 2.45) is 0 Å². The lowest BCUT2D eigenvalue weighted by molar-refractivity contribution is -0.118. The third-order valence-corrected chi connectivity index (χ3v) is 2.61. The van der Waals surface area contributed by atoms with Gasteiger partial charge in [0.25, 0.3) is 0 Å². The number of methoxy groups -OCH3 is 1. The van der Waals surface area contributed by atoms with Crippen molar-refractivity contribution in [2.45, 2.75) is 33.2 Å². The number of benzene rings is 1. The lowest BCUT2D eigenvalue weighted by atomic mass is 10.1. The van der Waals surface area contributed by atoms with Crippen molar-refractivity contribution >= 4 is 17.6 Å². The Kier molecular flexibility index (Phi) is 5.58. The number of anilines is 1. The summed E-state index contributed by atoms with van der Waals surface area (Å²) in [7, 11) is 1.60. The highest BCUT2D eigenvalue weighted by Gasteiger charge is 2.15. The Labute approximate surface area is 125 Å². The molecular formula is C15H23N3O3. The van der Waals surface area contributed by atoms with E-state index in [1.807, 2.05) is 39.8 Å². The first kappa shape index (κ1) is 16.8. The minimum atomic E-state index is -0.499. The van der Waals surface area contributed by atoms with E-state index in [2.05, 4.69) is 16.0 Å². The molecule has 0 saturated carbocycles. The van der Waals surface area contributed by atoms with Gasteiger partial charge in [0, 0.05) is 11.2 Å². The number of ether oxygens (including phenoxy) is 1. The van der Waals surface area contributed by atoms with Crippen molar-refractivity contribution in [1.29, 1.82) is 0 Å². The van der Waals surface area contributed by atoms with Crippen molar-refractivity contribution in [2.75, 3.05) is 19.0 Å². The summed E-state index contributed by atoms with van der Waals surface area (Å²) in [4.78, 5) is 23.2. The van der Waals surface area contributed by atoms with E-state index in [0.717, 1.165) is 17.0 Å². The van der Waals surface area contributed by atoms with Gasteiger partial charge in [-0.3, -0.25) is 10.1 Å². The predicted octanol–water partition coefficient (Wildman–Crippen LogP) is 2.04. The molecule has 6 heteroatoms.